The Bertz CT molecular complexity index is 568. The van der Waals surface area contributed by atoms with E-state index in [4.69, 9.17) is 4.74 Å². The van der Waals surface area contributed by atoms with E-state index in [2.05, 4.69) is 9.80 Å². The molecule has 1 amide bonds. The fraction of sp³-hybridized carbons (Fsp3) is 0.650. The molecule has 1 atom stereocenters. The van der Waals surface area contributed by atoms with E-state index >= 15 is 0 Å². The number of methoxy groups -OCH3 is 1. The van der Waals surface area contributed by atoms with E-state index in [1.165, 1.54) is 6.07 Å². The Labute approximate surface area is 156 Å². The zero-order valence-corrected chi connectivity index (χ0v) is 16.3. The molecule has 1 aliphatic rings. The SMILES string of the molecule is COCC(=O)N(CCN(C)C)C[C@H]1CCCN(Cc2ccccc2F)C1. The predicted molar refractivity (Wildman–Crippen MR) is 101 cm³/mol. The summed E-state index contributed by atoms with van der Waals surface area (Å²) in [6.45, 7) is 4.91. The third-order valence-electron chi connectivity index (χ3n) is 4.87. The lowest BCUT2D eigenvalue weighted by atomic mass is 9.96. The summed E-state index contributed by atoms with van der Waals surface area (Å²) in [6, 6.07) is 6.97. The van der Waals surface area contributed by atoms with Crippen molar-refractivity contribution in [3.05, 3.63) is 35.6 Å². The highest BCUT2D eigenvalue weighted by Gasteiger charge is 2.24. The van der Waals surface area contributed by atoms with Crippen LogP contribution in [0.4, 0.5) is 4.39 Å². The number of halogens is 1. The van der Waals surface area contributed by atoms with Crippen molar-refractivity contribution >= 4 is 5.91 Å². The summed E-state index contributed by atoms with van der Waals surface area (Å²) in [6.07, 6.45) is 2.19. The first-order valence-corrected chi connectivity index (χ1v) is 9.36. The van der Waals surface area contributed by atoms with Gasteiger partial charge in [0.2, 0.25) is 5.91 Å². The van der Waals surface area contributed by atoms with Gasteiger partial charge in [-0.1, -0.05) is 18.2 Å². The van der Waals surface area contributed by atoms with E-state index in [1.54, 1.807) is 13.2 Å². The number of amides is 1. The first-order chi connectivity index (χ1) is 12.5. The lowest BCUT2D eigenvalue weighted by Gasteiger charge is -2.36. The number of nitrogens with zero attached hydrogens (tertiary/aromatic N) is 3. The average molecular weight is 365 g/mol. The van der Waals surface area contributed by atoms with E-state index in [0.29, 0.717) is 19.0 Å². The third kappa shape index (κ3) is 6.67. The molecule has 0 bridgehead atoms. The Morgan fingerprint density at radius 1 is 1.31 bits per heavy atom. The zero-order valence-electron chi connectivity index (χ0n) is 16.3. The molecule has 2 rings (SSSR count). The molecule has 5 nitrogen and oxygen atoms in total. The lowest BCUT2D eigenvalue weighted by Crippen LogP contribution is -2.45. The summed E-state index contributed by atoms with van der Waals surface area (Å²) < 4.78 is 19.0. The molecule has 1 heterocycles. The summed E-state index contributed by atoms with van der Waals surface area (Å²) in [4.78, 5) is 18.7. The Hall–Kier alpha value is -1.50. The molecule has 0 N–H and O–H groups in total. The number of benzene rings is 1. The number of ether oxygens (including phenoxy) is 1. The maximum atomic E-state index is 13.9. The van der Waals surface area contributed by atoms with Crippen molar-refractivity contribution in [2.24, 2.45) is 5.92 Å². The number of likely N-dealkylation sites (N-methyl/N-ethyl adjacent to an activating group) is 1. The highest BCUT2D eigenvalue weighted by molar-refractivity contribution is 5.77. The Kier molecular flexibility index (Phi) is 8.48. The first-order valence-electron chi connectivity index (χ1n) is 9.36. The van der Waals surface area contributed by atoms with Crippen molar-refractivity contribution in [3.63, 3.8) is 0 Å². The van der Waals surface area contributed by atoms with Gasteiger partial charge in [0.05, 0.1) is 0 Å². The molecule has 6 heteroatoms. The number of rotatable bonds is 9. The van der Waals surface area contributed by atoms with Crippen LogP contribution in [0, 0.1) is 11.7 Å². The smallest absolute Gasteiger partial charge is 0.248 e. The van der Waals surface area contributed by atoms with Gasteiger partial charge in [-0.3, -0.25) is 9.69 Å². The summed E-state index contributed by atoms with van der Waals surface area (Å²) in [5, 5.41) is 0. The van der Waals surface area contributed by atoms with Gasteiger partial charge in [-0.25, -0.2) is 4.39 Å². The number of hydrogen-bond acceptors (Lipinski definition) is 4. The highest BCUT2D eigenvalue weighted by Crippen LogP contribution is 2.20. The van der Waals surface area contributed by atoms with Crippen LogP contribution < -0.4 is 0 Å². The second-order valence-corrected chi connectivity index (χ2v) is 7.41. The topological polar surface area (TPSA) is 36.0 Å². The molecule has 1 aromatic rings. The maximum Gasteiger partial charge on any atom is 0.248 e. The van der Waals surface area contributed by atoms with Crippen LogP contribution in [0.25, 0.3) is 0 Å². The second-order valence-electron chi connectivity index (χ2n) is 7.41. The van der Waals surface area contributed by atoms with E-state index in [-0.39, 0.29) is 18.3 Å². The Balaban J connectivity index is 1.93. The number of hydrogen-bond donors (Lipinski definition) is 0. The van der Waals surface area contributed by atoms with Gasteiger partial charge in [-0.15, -0.1) is 0 Å². The van der Waals surface area contributed by atoms with Crippen LogP contribution in [0.3, 0.4) is 0 Å². The summed E-state index contributed by atoms with van der Waals surface area (Å²) in [5.74, 6) is 0.316. The molecule has 0 radical (unpaired) electrons. The minimum Gasteiger partial charge on any atom is -0.375 e. The second kappa shape index (κ2) is 10.6. The fourth-order valence-corrected chi connectivity index (χ4v) is 3.48. The van der Waals surface area contributed by atoms with E-state index < -0.39 is 0 Å². The van der Waals surface area contributed by atoms with Gasteiger partial charge in [0.1, 0.15) is 12.4 Å². The highest BCUT2D eigenvalue weighted by atomic mass is 19.1. The maximum absolute atomic E-state index is 13.9. The van der Waals surface area contributed by atoms with Gasteiger partial charge in [-0.2, -0.15) is 0 Å². The van der Waals surface area contributed by atoms with Crippen molar-refractivity contribution in [1.82, 2.24) is 14.7 Å². The van der Waals surface area contributed by atoms with Gasteiger partial charge in [-0.05, 0) is 45.5 Å². The number of piperidine rings is 1. The molecule has 1 fully saturated rings. The van der Waals surface area contributed by atoms with Crippen molar-refractivity contribution in [1.29, 1.82) is 0 Å². The lowest BCUT2D eigenvalue weighted by molar-refractivity contribution is -0.136. The van der Waals surface area contributed by atoms with Gasteiger partial charge in [0.15, 0.2) is 0 Å². The monoisotopic (exact) mass is 365 g/mol. The molecule has 26 heavy (non-hydrogen) atoms. The predicted octanol–water partition coefficient (Wildman–Crippen LogP) is 2.07. The number of carbonyl (C=O) groups excluding carboxylic acids is 1. The largest absolute Gasteiger partial charge is 0.375 e. The Morgan fingerprint density at radius 2 is 2.08 bits per heavy atom. The van der Waals surface area contributed by atoms with Crippen molar-refractivity contribution in [3.8, 4) is 0 Å². The van der Waals surface area contributed by atoms with Crippen LogP contribution in [-0.2, 0) is 16.1 Å². The van der Waals surface area contributed by atoms with Gasteiger partial charge in [0, 0.05) is 45.4 Å². The molecule has 0 saturated carbocycles. The van der Waals surface area contributed by atoms with Crippen LogP contribution in [0.1, 0.15) is 18.4 Å². The van der Waals surface area contributed by atoms with Crippen molar-refractivity contribution in [2.75, 3.05) is 60.5 Å². The fourth-order valence-electron chi connectivity index (χ4n) is 3.48. The minimum absolute atomic E-state index is 0.0422. The van der Waals surface area contributed by atoms with Gasteiger partial charge in [0.25, 0.3) is 0 Å². The minimum atomic E-state index is -0.141. The molecule has 1 aliphatic heterocycles. The Morgan fingerprint density at radius 3 is 2.77 bits per heavy atom. The van der Waals surface area contributed by atoms with Crippen LogP contribution >= 0.6 is 0 Å². The van der Waals surface area contributed by atoms with Gasteiger partial charge < -0.3 is 14.5 Å². The molecular formula is C20H32FN3O2. The molecule has 146 valence electrons. The van der Waals surface area contributed by atoms with Crippen LogP contribution in [0.5, 0.6) is 0 Å². The van der Waals surface area contributed by atoms with E-state index in [1.807, 2.05) is 31.1 Å². The van der Waals surface area contributed by atoms with Crippen molar-refractivity contribution in [2.45, 2.75) is 19.4 Å². The summed E-state index contributed by atoms with van der Waals surface area (Å²) in [5.41, 5.74) is 0.744. The summed E-state index contributed by atoms with van der Waals surface area (Å²) >= 11 is 0. The van der Waals surface area contributed by atoms with Crippen molar-refractivity contribution < 1.29 is 13.9 Å². The molecule has 1 saturated heterocycles. The molecular weight excluding hydrogens is 333 g/mol. The molecule has 0 aromatic heterocycles. The third-order valence-corrected chi connectivity index (χ3v) is 4.87. The molecule has 0 unspecified atom stereocenters. The molecule has 1 aromatic carbocycles. The standard InChI is InChI=1S/C20H32FN3O2/c1-22(2)11-12-24(20(25)16-26-3)14-17-7-6-10-23(13-17)15-18-8-4-5-9-19(18)21/h4-5,8-9,17H,6-7,10-16H2,1-3H3/t17-/m0/s1. The quantitative estimate of drug-likeness (QED) is 0.671. The van der Waals surface area contributed by atoms with Gasteiger partial charge >= 0.3 is 0 Å². The number of likely N-dealkylation sites (tertiary alicyclic amines) is 1. The van der Waals surface area contributed by atoms with Crippen LogP contribution in [0.2, 0.25) is 0 Å². The van der Waals surface area contributed by atoms with Crippen LogP contribution in [-0.4, -0.2) is 81.1 Å². The van der Waals surface area contributed by atoms with E-state index in [9.17, 15) is 9.18 Å². The van der Waals surface area contributed by atoms with E-state index in [0.717, 1.165) is 44.6 Å². The zero-order chi connectivity index (χ0) is 18.9. The molecule has 0 spiro atoms. The first kappa shape index (κ1) is 20.8. The molecule has 0 aliphatic carbocycles. The van der Waals surface area contributed by atoms with Crippen LogP contribution in [0.15, 0.2) is 24.3 Å². The number of carbonyl (C=O) groups is 1. The normalized spacial score (nSPS) is 18.3. The summed E-state index contributed by atoms with van der Waals surface area (Å²) in [7, 11) is 5.57. The average Bonchev–Trinajstić information content (AvgIpc) is 2.61.